The highest BCUT2D eigenvalue weighted by Gasteiger charge is 2.31. The monoisotopic (exact) mass is 368 g/mol. The third kappa shape index (κ3) is 3.99. The van der Waals surface area contributed by atoms with Crippen LogP contribution in [0.2, 0.25) is 0 Å². The van der Waals surface area contributed by atoms with Gasteiger partial charge in [-0.1, -0.05) is 37.5 Å². The van der Waals surface area contributed by atoms with Gasteiger partial charge < -0.3 is 9.64 Å². The number of benzene rings is 1. The summed E-state index contributed by atoms with van der Waals surface area (Å²) in [6, 6.07) is 10.1. The maximum absolute atomic E-state index is 12.2. The Morgan fingerprint density at radius 3 is 2.63 bits per heavy atom. The second-order valence-electron chi connectivity index (χ2n) is 7.59. The van der Waals surface area contributed by atoms with E-state index in [0.717, 1.165) is 37.4 Å². The molecule has 2 heterocycles. The first-order valence-electron chi connectivity index (χ1n) is 10.1. The smallest absolute Gasteiger partial charge is 0.223 e. The molecule has 0 radical (unpaired) electrons. The van der Waals surface area contributed by atoms with Crippen molar-refractivity contribution in [1.29, 1.82) is 0 Å². The Hall–Kier alpha value is -2.37. The summed E-state index contributed by atoms with van der Waals surface area (Å²) < 4.78 is 7.95. The second kappa shape index (κ2) is 8.11. The van der Waals surface area contributed by atoms with Crippen molar-refractivity contribution < 1.29 is 9.53 Å². The summed E-state index contributed by atoms with van der Waals surface area (Å²) in [5.74, 6) is 2.64. The number of aromatic nitrogens is 3. The Bertz CT molecular complexity index is 768. The van der Waals surface area contributed by atoms with Gasteiger partial charge in [0.15, 0.2) is 5.82 Å². The molecule has 1 aromatic heterocycles. The first-order chi connectivity index (χ1) is 13.2. The van der Waals surface area contributed by atoms with Crippen LogP contribution in [0.1, 0.15) is 75.6 Å². The van der Waals surface area contributed by atoms with Gasteiger partial charge in [0.1, 0.15) is 18.2 Å². The quantitative estimate of drug-likeness (QED) is 0.772. The van der Waals surface area contributed by atoms with Gasteiger partial charge in [0.05, 0.1) is 12.1 Å². The molecule has 2 fully saturated rings. The summed E-state index contributed by atoms with van der Waals surface area (Å²) in [7, 11) is 0. The van der Waals surface area contributed by atoms with Crippen LogP contribution in [0, 0.1) is 0 Å². The van der Waals surface area contributed by atoms with E-state index >= 15 is 0 Å². The first kappa shape index (κ1) is 18.0. The lowest BCUT2D eigenvalue weighted by Gasteiger charge is -2.28. The van der Waals surface area contributed by atoms with Crippen molar-refractivity contribution in [1.82, 2.24) is 19.7 Å². The molecule has 1 unspecified atom stereocenters. The Kier molecular flexibility index (Phi) is 5.41. The summed E-state index contributed by atoms with van der Waals surface area (Å²) in [5, 5.41) is 4.81. The van der Waals surface area contributed by atoms with Gasteiger partial charge in [0, 0.05) is 13.0 Å². The van der Waals surface area contributed by atoms with E-state index in [1.807, 2.05) is 35.2 Å². The zero-order valence-electron chi connectivity index (χ0n) is 16.0. The minimum Gasteiger partial charge on any atom is -0.486 e. The third-order valence-corrected chi connectivity index (χ3v) is 5.68. The van der Waals surface area contributed by atoms with Crippen LogP contribution in [-0.4, -0.2) is 32.1 Å². The molecule has 144 valence electrons. The number of likely N-dealkylation sites (tertiary alicyclic amines) is 1. The number of rotatable bonds is 6. The standard InChI is InChI=1S/C21H28N4O2/c1-16(24-14-8-13-20(24)26)21-22-19(15-27-18-11-6-3-7-12-18)23-25(21)17-9-4-2-5-10-17/h3,6-7,11-12,16-17H,2,4-5,8-10,13-15H2,1H3. The minimum atomic E-state index is -0.0418. The summed E-state index contributed by atoms with van der Waals surface area (Å²) >= 11 is 0. The molecule has 6 heteroatoms. The molecule has 2 aliphatic rings. The average molecular weight is 368 g/mol. The number of nitrogens with zero attached hydrogens (tertiary/aromatic N) is 4. The average Bonchev–Trinajstić information content (AvgIpc) is 3.34. The topological polar surface area (TPSA) is 60.3 Å². The van der Waals surface area contributed by atoms with Gasteiger partial charge >= 0.3 is 0 Å². The Balaban J connectivity index is 1.57. The van der Waals surface area contributed by atoms with E-state index < -0.39 is 0 Å². The van der Waals surface area contributed by atoms with Crippen LogP contribution in [-0.2, 0) is 11.4 Å². The van der Waals surface area contributed by atoms with Crippen LogP contribution in [0.15, 0.2) is 30.3 Å². The second-order valence-corrected chi connectivity index (χ2v) is 7.59. The lowest BCUT2D eigenvalue weighted by molar-refractivity contribution is -0.129. The van der Waals surface area contributed by atoms with E-state index in [1.54, 1.807) is 0 Å². The number of amides is 1. The molecule has 1 saturated heterocycles. The SMILES string of the molecule is CC(c1nc(COc2ccccc2)nn1C1CCCCC1)N1CCCC1=O. The molecule has 1 aliphatic carbocycles. The number of carbonyl (C=O) groups excluding carboxylic acids is 1. The fraction of sp³-hybridized carbons (Fsp3) is 0.571. The molecule has 2 aromatic rings. The molecule has 0 bridgehead atoms. The zero-order chi connectivity index (χ0) is 18.6. The van der Waals surface area contributed by atoms with Crippen molar-refractivity contribution in [3.63, 3.8) is 0 Å². The van der Waals surface area contributed by atoms with Gasteiger partial charge in [0.25, 0.3) is 0 Å². The molecule has 1 aliphatic heterocycles. The maximum Gasteiger partial charge on any atom is 0.223 e. The van der Waals surface area contributed by atoms with Crippen molar-refractivity contribution in [2.45, 2.75) is 70.6 Å². The first-order valence-corrected chi connectivity index (χ1v) is 10.1. The Morgan fingerprint density at radius 1 is 1.15 bits per heavy atom. The zero-order valence-corrected chi connectivity index (χ0v) is 16.0. The number of hydrogen-bond donors (Lipinski definition) is 0. The van der Waals surface area contributed by atoms with Gasteiger partial charge in [-0.2, -0.15) is 5.10 Å². The number of para-hydroxylation sites is 1. The number of hydrogen-bond acceptors (Lipinski definition) is 4. The van der Waals surface area contributed by atoms with Gasteiger partial charge in [-0.3, -0.25) is 4.79 Å². The minimum absolute atomic E-state index is 0.0418. The van der Waals surface area contributed by atoms with E-state index in [0.29, 0.717) is 24.9 Å². The predicted octanol–water partition coefficient (Wildman–Crippen LogP) is 4.05. The summed E-state index contributed by atoms with van der Waals surface area (Å²) in [5.41, 5.74) is 0. The van der Waals surface area contributed by atoms with Crippen molar-refractivity contribution >= 4 is 5.91 Å². The highest BCUT2D eigenvalue weighted by molar-refractivity contribution is 5.78. The van der Waals surface area contributed by atoms with E-state index in [4.69, 9.17) is 14.8 Å². The molecule has 1 amide bonds. The Labute approximate surface area is 160 Å². The maximum atomic E-state index is 12.2. The van der Waals surface area contributed by atoms with Crippen LogP contribution >= 0.6 is 0 Å². The highest BCUT2D eigenvalue weighted by atomic mass is 16.5. The summed E-state index contributed by atoms with van der Waals surface area (Å²) in [4.78, 5) is 19.0. The normalized spacial score (nSPS) is 19.4. The molecular formula is C21H28N4O2. The van der Waals surface area contributed by atoms with Gasteiger partial charge in [-0.05, 0) is 38.3 Å². The summed E-state index contributed by atoms with van der Waals surface area (Å²) in [6.45, 7) is 3.24. The fourth-order valence-electron chi connectivity index (χ4n) is 4.20. The molecule has 4 rings (SSSR count). The van der Waals surface area contributed by atoms with Crippen LogP contribution < -0.4 is 4.74 Å². The van der Waals surface area contributed by atoms with Crippen molar-refractivity contribution in [2.24, 2.45) is 0 Å². The van der Waals surface area contributed by atoms with Crippen LogP contribution in [0.4, 0.5) is 0 Å². The Morgan fingerprint density at radius 2 is 1.93 bits per heavy atom. The fourth-order valence-corrected chi connectivity index (χ4v) is 4.20. The highest BCUT2D eigenvalue weighted by Crippen LogP contribution is 2.32. The van der Waals surface area contributed by atoms with E-state index in [2.05, 4.69) is 11.6 Å². The van der Waals surface area contributed by atoms with Gasteiger partial charge in [0.2, 0.25) is 5.91 Å². The van der Waals surface area contributed by atoms with Crippen molar-refractivity contribution in [3.05, 3.63) is 42.0 Å². The van der Waals surface area contributed by atoms with Crippen LogP contribution in [0.3, 0.4) is 0 Å². The molecule has 1 aromatic carbocycles. The number of carbonyl (C=O) groups is 1. The molecule has 0 spiro atoms. The molecule has 6 nitrogen and oxygen atoms in total. The van der Waals surface area contributed by atoms with Gasteiger partial charge in [-0.15, -0.1) is 0 Å². The largest absolute Gasteiger partial charge is 0.486 e. The van der Waals surface area contributed by atoms with E-state index in [1.165, 1.54) is 19.3 Å². The van der Waals surface area contributed by atoms with Crippen LogP contribution in [0.5, 0.6) is 5.75 Å². The predicted molar refractivity (Wildman–Crippen MR) is 102 cm³/mol. The molecule has 0 N–H and O–H groups in total. The number of ether oxygens (including phenoxy) is 1. The molecule has 27 heavy (non-hydrogen) atoms. The van der Waals surface area contributed by atoms with Crippen LogP contribution in [0.25, 0.3) is 0 Å². The van der Waals surface area contributed by atoms with Crippen molar-refractivity contribution in [2.75, 3.05) is 6.54 Å². The summed E-state index contributed by atoms with van der Waals surface area (Å²) in [6.07, 6.45) is 7.61. The molecular weight excluding hydrogens is 340 g/mol. The molecule has 1 saturated carbocycles. The van der Waals surface area contributed by atoms with E-state index in [9.17, 15) is 4.79 Å². The lowest BCUT2D eigenvalue weighted by Crippen LogP contribution is -2.31. The third-order valence-electron chi connectivity index (χ3n) is 5.68. The molecule has 1 atom stereocenters. The van der Waals surface area contributed by atoms with Gasteiger partial charge in [-0.25, -0.2) is 9.67 Å². The van der Waals surface area contributed by atoms with Crippen molar-refractivity contribution in [3.8, 4) is 5.75 Å². The lowest BCUT2D eigenvalue weighted by atomic mass is 9.95. The van der Waals surface area contributed by atoms with E-state index in [-0.39, 0.29) is 11.9 Å².